The van der Waals surface area contributed by atoms with Crippen molar-refractivity contribution in [1.82, 2.24) is 5.32 Å². The van der Waals surface area contributed by atoms with Crippen LogP contribution in [0.3, 0.4) is 0 Å². The zero-order chi connectivity index (χ0) is 44.5. The van der Waals surface area contributed by atoms with Crippen molar-refractivity contribution in [2.24, 2.45) is 0 Å². The third-order valence-electron chi connectivity index (χ3n) is 11.9. The van der Waals surface area contributed by atoms with Gasteiger partial charge in [-0.1, -0.05) is 230 Å². The predicted molar refractivity (Wildman–Crippen MR) is 264 cm³/mol. The number of aliphatic hydroxyl groups excluding tert-OH is 2. The van der Waals surface area contributed by atoms with Gasteiger partial charge in [0.25, 0.3) is 0 Å². The van der Waals surface area contributed by atoms with Crippen LogP contribution in [0.4, 0.5) is 0 Å². The van der Waals surface area contributed by atoms with Crippen LogP contribution in [0, 0.1) is 0 Å². The molecule has 0 fully saturated rings. The quantitative estimate of drug-likeness (QED) is 0.0322. The van der Waals surface area contributed by atoms with Gasteiger partial charge in [0.15, 0.2) is 0 Å². The van der Waals surface area contributed by atoms with Crippen molar-refractivity contribution in [2.45, 2.75) is 283 Å². The maximum Gasteiger partial charge on any atom is 0.306 e. The van der Waals surface area contributed by atoms with Crippen LogP contribution in [0.5, 0.6) is 0 Å². The van der Waals surface area contributed by atoms with E-state index in [0.717, 1.165) is 77.0 Å². The molecule has 0 aromatic rings. The largest absolute Gasteiger partial charge is 0.462 e. The first kappa shape index (κ1) is 58.8. The Morgan fingerprint density at radius 1 is 0.475 bits per heavy atom. The summed E-state index contributed by atoms with van der Waals surface area (Å²) < 4.78 is 5.92. The highest BCUT2D eigenvalue weighted by atomic mass is 16.5. The van der Waals surface area contributed by atoms with E-state index >= 15 is 0 Å². The van der Waals surface area contributed by atoms with Crippen LogP contribution in [-0.2, 0) is 14.3 Å². The average molecular weight is 856 g/mol. The Hall–Kier alpha value is -2.18. The van der Waals surface area contributed by atoms with Crippen LogP contribution in [0.1, 0.15) is 265 Å². The second-order valence-electron chi connectivity index (χ2n) is 17.9. The van der Waals surface area contributed by atoms with Crippen molar-refractivity contribution < 1.29 is 24.5 Å². The van der Waals surface area contributed by atoms with E-state index in [2.05, 4.69) is 74.7 Å². The molecule has 0 radical (unpaired) electrons. The summed E-state index contributed by atoms with van der Waals surface area (Å²) in [5.41, 5.74) is 0. The fourth-order valence-corrected chi connectivity index (χ4v) is 7.88. The topological polar surface area (TPSA) is 95.9 Å². The van der Waals surface area contributed by atoms with E-state index in [1.54, 1.807) is 0 Å². The van der Waals surface area contributed by atoms with Crippen molar-refractivity contribution in [2.75, 3.05) is 6.61 Å². The molecule has 3 atom stereocenters. The van der Waals surface area contributed by atoms with Crippen LogP contribution < -0.4 is 5.32 Å². The molecule has 0 saturated carbocycles. The lowest BCUT2D eigenvalue weighted by Gasteiger charge is -2.24. The first-order valence-electron chi connectivity index (χ1n) is 26.4. The molecule has 0 aromatic heterocycles. The fourth-order valence-electron chi connectivity index (χ4n) is 7.88. The van der Waals surface area contributed by atoms with E-state index in [1.165, 1.54) is 141 Å². The molecule has 0 saturated heterocycles. The molecule has 1 amide bonds. The summed E-state index contributed by atoms with van der Waals surface area (Å²) in [5, 5.41) is 23.7. The molecule has 356 valence electrons. The maximum atomic E-state index is 13.2. The molecule has 0 aromatic carbocycles. The molecule has 3 N–H and O–H groups in total. The van der Waals surface area contributed by atoms with E-state index in [1.807, 2.05) is 0 Å². The zero-order valence-electron chi connectivity index (χ0n) is 40.5. The summed E-state index contributed by atoms with van der Waals surface area (Å²) in [6, 6.07) is -0.705. The van der Waals surface area contributed by atoms with Gasteiger partial charge in [0, 0.05) is 6.42 Å². The summed E-state index contributed by atoms with van der Waals surface area (Å²) in [6.07, 6.45) is 58.8. The molecule has 0 spiro atoms. The first-order chi connectivity index (χ1) is 30.0. The van der Waals surface area contributed by atoms with E-state index in [0.29, 0.717) is 19.3 Å². The molecule has 6 nitrogen and oxygen atoms in total. The zero-order valence-corrected chi connectivity index (χ0v) is 40.5. The Balaban J connectivity index is 4.56. The van der Waals surface area contributed by atoms with Gasteiger partial charge in [0.1, 0.15) is 6.10 Å². The predicted octanol–water partition coefficient (Wildman–Crippen LogP) is 15.8. The normalized spacial score (nSPS) is 13.6. The van der Waals surface area contributed by atoms with Gasteiger partial charge in [-0.05, 0) is 70.6 Å². The molecule has 0 aliphatic rings. The molecule has 0 aliphatic heterocycles. The smallest absolute Gasteiger partial charge is 0.306 e. The molecular formula is C55H101NO5. The summed E-state index contributed by atoms with van der Waals surface area (Å²) >= 11 is 0. The van der Waals surface area contributed by atoms with Gasteiger partial charge in [-0.3, -0.25) is 9.59 Å². The molecule has 0 heterocycles. The van der Waals surface area contributed by atoms with Gasteiger partial charge in [-0.2, -0.15) is 0 Å². The number of carbonyl (C=O) groups excluding carboxylic acids is 2. The van der Waals surface area contributed by atoms with E-state index in [4.69, 9.17) is 4.74 Å². The maximum absolute atomic E-state index is 13.2. The number of esters is 1. The molecule has 6 heteroatoms. The Kier molecular flexibility index (Phi) is 47.1. The van der Waals surface area contributed by atoms with Crippen LogP contribution in [0.2, 0.25) is 0 Å². The molecule has 61 heavy (non-hydrogen) atoms. The number of amides is 1. The number of nitrogens with one attached hydrogen (secondary N) is 1. The second-order valence-corrected chi connectivity index (χ2v) is 17.9. The number of ether oxygens (including phenoxy) is 1. The summed E-state index contributed by atoms with van der Waals surface area (Å²) in [7, 11) is 0. The number of aliphatic hydroxyl groups is 2. The Morgan fingerprint density at radius 2 is 0.836 bits per heavy atom. The van der Waals surface area contributed by atoms with Crippen molar-refractivity contribution in [1.29, 1.82) is 0 Å². The first-order valence-corrected chi connectivity index (χ1v) is 26.4. The van der Waals surface area contributed by atoms with E-state index in [-0.39, 0.29) is 24.9 Å². The Bertz CT molecular complexity index is 1050. The number of unbranched alkanes of at least 4 members (excludes halogenated alkanes) is 27. The highest BCUT2D eigenvalue weighted by molar-refractivity contribution is 5.77. The van der Waals surface area contributed by atoms with Crippen LogP contribution in [0.15, 0.2) is 48.6 Å². The highest BCUT2D eigenvalue weighted by Gasteiger charge is 2.24. The SMILES string of the molecule is CCCCC/C=C\C/C=C\C/C=C\C/C=C\CCCCCC(=O)OC(CCCCCCCCCCCCC)CC(=O)NC(CO)C(O)CCCCCCCCCCCCCC. The lowest BCUT2D eigenvalue weighted by Crippen LogP contribution is -2.46. The average Bonchev–Trinajstić information content (AvgIpc) is 3.25. The standard InChI is InChI=1S/C55H101NO5/c1-4-7-10-13-16-19-22-24-25-26-27-28-29-30-33-36-39-42-45-48-55(60)61-51(46-43-40-37-34-31-21-18-15-12-9-6-3)49-54(59)56-52(50-57)53(58)47-44-41-38-35-32-23-20-17-14-11-8-5-2/h16,19,24-25,27-28,30,33,51-53,57-58H,4-15,17-18,20-23,26,29,31-32,34-50H2,1-3H3,(H,56,59)/b19-16-,25-24-,28-27-,33-30-. The van der Waals surface area contributed by atoms with Crippen molar-refractivity contribution in [3.05, 3.63) is 48.6 Å². The minimum atomic E-state index is -0.791. The molecule has 0 aliphatic carbocycles. The lowest BCUT2D eigenvalue weighted by atomic mass is 10.0. The summed E-state index contributed by atoms with van der Waals surface area (Å²) in [4.78, 5) is 26.1. The monoisotopic (exact) mass is 856 g/mol. The van der Waals surface area contributed by atoms with E-state index < -0.39 is 18.2 Å². The van der Waals surface area contributed by atoms with Gasteiger partial charge < -0.3 is 20.3 Å². The van der Waals surface area contributed by atoms with E-state index in [9.17, 15) is 19.8 Å². The molecule has 3 unspecified atom stereocenters. The Labute approximate surface area is 378 Å². The Morgan fingerprint density at radius 3 is 1.28 bits per heavy atom. The lowest BCUT2D eigenvalue weighted by molar-refractivity contribution is -0.151. The van der Waals surface area contributed by atoms with Gasteiger partial charge in [0.05, 0.1) is 25.2 Å². The number of allylic oxidation sites excluding steroid dienone is 8. The molecule has 0 rings (SSSR count). The van der Waals surface area contributed by atoms with Crippen LogP contribution in [-0.4, -0.2) is 46.9 Å². The minimum absolute atomic E-state index is 0.0669. The molecular weight excluding hydrogens is 755 g/mol. The minimum Gasteiger partial charge on any atom is -0.462 e. The number of rotatable bonds is 47. The third kappa shape index (κ3) is 44.2. The second kappa shape index (κ2) is 48.8. The van der Waals surface area contributed by atoms with Gasteiger partial charge in [-0.15, -0.1) is 0 Å². The third-order valence-corrected chi connectivity index (χ3v) is 11.9. The number of hydrogen-bond donors (Lipinski definition) is 3. The van der Waals surface area contributed by atoms with Crippen LogP contribution in [0.25, 0.3) is 0 Å². The van der Waals surface area contributed by atoms with Crippen molar-refractivity contribution >= 4 is 11.9 Å². The fraction of sp³-hybridized carbons (Fsp3) is 0.818. The molecule has 0 bridgehead atoms. The summed E-state index contributed by atoms with van der Waals surface area (Å²) in [6.45, 7) is 6.45. The highest BCUT2D eigenvalue weighted by Crippen LogP contribution is 2.18. The van der Waals surface area contributed by atoms with Crippen LogP contribution >= 0.6 is 0 Å². The van der Waals surface area contributed by atoms with Gasteiger partial charge >= 0.3 is 5.97 Å². The van der Waals surface area contributed by atoms with Crippen molar-refractivity contribution in [3.63, 3.8) is 0 Å². The van der Waals surface area contributed by atoms with Gasteiger partial charge in [0.2, 0.25) is 5.91 Å². The number of carbonyl (C=O) groups is 2. The van der Waals surface area contributed by atoms with Gasteiger partial charge in [-0.25, -0.2) is 0 Å². The number of hydrogen-bond acceptors (Lipinski definition) is 5. The van der Waals surface area contributed by atoms with Crippen molar-refractivity contribution in [3.8, 4) is 0 Å². The summed E-state index contributed by atoms with van der Waals surface area (Å²) in [5.74, 6) is -0.503.